The second-order valence-electron chi connectivity index (χ2n) is 6.06. The molecule has 6 heteroatoms. The third-order valence-corrected chi connectivity index (χ3v) is 4.06. The number of rotatable bonds is 8. The highest BCUT2D eigenvalue weighted by molar-refractivity contribution is 5.73. The van der Waals surface area contributed by atoms with Crippen LogP contribution < -0.4 is 5.32 Å². The molecule has 0 saturated carbocycles. The van der Waals surface area contributed by atoms with Gasteiger partial charge in [-0.1, -0.05) is 6.42 Å². The first-order valence-corrected chi connectivity index (χ1v) is 7.88. The highest BCUT2D eigenvalue weighted by atomic mass is 16.4. The Kier molecular flexibility index (Phi) is 8.12. The number of hydrogen-bond acceptors (Lipinski definition) is 3. The molecule has 0 aromatic rings. The van der Waals surface area contributed by atoms with E-state index in [1.165, 1.54) is 0 Å². The van der Waals surface area contributed by atoms with Crippen molar-refractivity contribution in [2.45, 2.75) is 38.5 Å². The zero-order chi connectivity index (χ0) is 15.7. The number of urea groups is 1. The number of unbranched alkanes of at least 4 members (excludes halogenated alkanes) is 2. The van der Waals surface area contributed by atoms with E-state index in [-0.39, 0.29) is 12.5 Å². The van der Waals surface area contributed by atoms with Crippen molar-refractivity contribution in [3.63, 3.8) is 0 Å². The summed E-state index contributed by atoms with van der Waals surface area (Å²) >= 11 is 0. The highest BCUT2D eigenvalue weighted by Gasteiger charge is 2.19. The Bertz CT molecular complexity index is 328. The first-order chi connectivity index (χ1) is 9.99. The molecule has 21 heavy (non-hydrogen) atoms. The number of nitrogens with zero attached hydrogens (tertiary/aromatic N) is 2. The zero-order valence-corrected chi connectivity index (χ0v) is 13.3. The van der Waals surface area contributed by atoms with Gasteiger partial charge >= 0.3 is 12.0 Å². The Balaban J connectivity index is 2.07. The number of amides is 2. The topological polar surface area (TPSA) is 72.9 Å². The van der Waals surface area contributed by atoms with Crippen LogP contribution in [0.5, 0.6) is 0 Å². The van der Waals surface area contributed by atoms with Crippen LogP contribution in [-0.4, -0.2) is 67.2 Å². The lowest BCUT2D eigenvalue weighted by Gasteiger charge is -2.31. The molecule has 0 radical (unpaired) electrons. The number of carbonyl (C=O) groups excluding carboxylic acids is 1. The minimum atomic E-state index is -0.753. The van der Waals surface area contributed by atoms with Crippen LogP contribution in [-0.2, 0) is 4.79 Å². The molecular formula is C15H29N3O3. The number of aliphatic carboxylic acids is 1. The van der Waals surface area contributed by atoms with Crippen molar-refractivity contribution in [3.8, 4) is 0 Å². The molecule has 0 aromatic carbocycles. The van der Waals surface area contributed by atoms with E-state index in [1.807, 2.05) is 7.05 Å². The van der Waals surface area contributed by atoms with Crippen molar-refractivity contribution in [2.75, 3.05) is 40.3 Å². The summed E-state index contributed by atoms with van der Waals surface area (Å²) in [6.07, 6.45) is 4.87. The first kappa shape index (κ1) is 17.8. The summed E-state index contributed by atoms with van der Waals surface area (Å²) in [5, 5.41) is 11.4. The van der Waals surface area contributed by atoms with Gasteiger partial charge < -0.3 is 20.2 Å². The molecule has 1 saturated heterocycles. The van der Waals surface area contributed by atoms with Crippen LogP contribution in [0.25, 0.3) is 0 Å². The van der Waals surface area contributed by atoms with Crippen molar-refractivity contribution >= 4 is 12.0 Å². The summed E-state index contributed by atoms with van der Waals surface area (Å²) in [5.41, 5.74) is 0. The molecule has 0 bridgehead atoms. The summed E-state index contributed by atoms with van der Waals surface area (Å²) in [7, 11) is 3.98. The number of carboxylic acids is 1. The molecule has 1 aliphatic rings. The van der Waals surface area contributed by atoms with Gasteiger partial charge in [0.2, 0.25) is 0 Å². The lowest BCUT2D eigenvalue weighted by molar-refractivity contribution is -0.137. The standard InChI is InChI=1S/C15H29N3O3/c1-17-10-7-13(8-11-17)12-18(2)15(21)16-9-5-3-4-6-14(19)20/h13H,3-12H2,1-2H3,(H,16,21)(H,19,20). The van der Waals surface area contributed by atoms with Crippen molar-refractivity contribution in [1.29, 1.82) is 0 Å². The van der Waals surface area contributed by atoms with E-state index in [4.69, 9.17) is 5.11 Å². The van der Waals surface area contributed by atoms with Crippen molar-refractivity contribution in [2.24, 2.45) is 5.92 Å². The molecule has 1 aliphatic heterocycles. The van der Waals surface area contributed by atoms with E-state index in [2.05, 4.69) is 17.3 Å². The van der Waals surface area contributed by atoms with E-state index in [0.717, 1.165) is 45.3 Å². The fourth-order valence-corrected chi connectivity index (χ4v) is 2.62. The molecule has 0 atom stereocenters. The minimum Gasteiger partial charge on any atom is -0.481 e. The van der Waals surface area contributed by atoms with Crippen LogP contribution in [0, 0.1) is 5.92 Å². The minimum absolute atomic E-state index is 0.0211. The number of piperidine rings is 1. The van der Waals surface area contributed by atoms with Crippen LogP contribution in [0.3, 0.4) is 0 Å². The van der Waals surface area contributed by atoms with Crippen molar-refractivity contribution in [1.82, 2.24) is 15.1 Å². The van der Waals surface area contributed by atoms with Crippen LogP contribution in [0.1, 0.15) is 38.5 Å². The van der Waals surface area contributed by atoms with Gasteiger partial charge in [0.25, 0.3) is 0 Å². The maximum atomic E-state index is 11.9. The normalized spacial score (nSPS) is 16.7. The SMILES string of the molecule is CN1CCC(CN(C)C(=O)NCCCCCC(=O)O)CC1. The monoisotopic (exact) mass is 299 g/mol. The average molecular weight is 299 g/mol. The lowest BCUT2D eigenvalue weighted by Crippen LogP contribution is -2.42. The molecule has 1 rings (SSSR count). The molecular weight excluding hydrogens is 270 g/mol. The van der Waals surface area contributed by atoms with E-state index < -0.39 is 5.97 Å². The molecule has 0 spiro atoms. The Morgan fingerprint density at radius 2 is 1.90 bits per heavy atom. The summed E-state index contributed by atoms with van der Waals surface area (Å²) < 4.78 is 0. The van der Waals surface area contributed by atoms with Gasteiger partial charge in [0.05, 0.1) is 0 Å². The Hall–Kier alpha value is -1.30. The van der Waals surface area contributed by atoms with Gasteiger partial charge in [0, 0.05) is 26.6 Å². The van der Waals surface area contributed by atoms with Gasteiger partial charge in [-0.05, 0) is 51.7 Å². The van der Waals surface area contributed by atoms with Gasteiger partial charge in [0.15, 0.2) is 0 Å². The van der Waals surface area contributed by atoms with Crippen LogP contribution in [0.2, 0.25) is 0 Å². The quantitative estimate of drug-likeness (QED) is 0.668. The summed E-state index contributed by atoms with van der Waals surface area (Å²) in [6, 6.07) is -0.0211. The summed E-state index contributed by atoms with van der Waals surface area (Å²) in [5.74, 6) is -0.149. The van der Waals surface area contributed by atoms with Gasteiger partial charge in [-0.3, -0.25) is 4.79 Å². The van der Waals surface area contributed by atoms with Gasteiger partial charge in [-0.2, -0.15) is 0 Å². The Morgan fingerprint density at radius 1 is 1.24 bits per heavy atom. The molecule has 0 aromatic heterocycles. The average Bonchev–Trinajstić information content (AvgIpc) is 2.44. The zero-order valence-electron chi connectivity index (χ0n) is 13.3. The lowest BCUT2D eigenvalue weighted by atomic mass is 9.97. The number of hydrogen-bond donors (Lipinski definition) is 2. The third-order valence-electron chi connectivity index (χ3n) is 4.06. The number of likely N-dealkylation sites (tertiary alicyclic amines) is 1. The van der Waals surface area contributed by atoms with Crippen molar-refractivity contribution < 1.29 is 14.7 Å². The number of carbonyl (C=O) groups is 2. The Morgan fingerprint density at radius 3 is 2.52 bits per heavy atom. The van der Waals surface area contributed by atoms with Crippen LogP contribution >= 0.6 is 0 Å². The molecule has 2 N–H and O–H groups in total. The number of nitrogens with one attached hydrogen (secondary N) is 1. The second-order valence-corrected chi connectivity index (χ2v) is 6.06. The van der Waals surface area contributed by atoms with E-state index in [1.54, 1.807) is 4.90 Å². The summed E-state index contributed by atoms with van der Waals surface area (Å²) in [4.78, 5) is 26.4. The molecule has 2 amide bonds. The molecule has 1 fully saturated rings. The molecule has 6 nitrogen and oxygen atoms in total. The molecule has 0 unspecified atom stereocenters. The van der Waals surface area contributed by atoms with Crippen molar-refractivity contribution in [3.05, 3.63) is 0 Å². The first-order valence-electron chi connectivity index (χ1n) is 7.88. The van der Waals surface area contributed by atoms with Gasteiger partial charge in [-0.25, -0.2) is 4.79 Å². The Labute approximate surface area is 127 Å². The predicted molar refractivity (Wildman–Crippen MR) is 82.4 cm³/mol. The molecule has 0 aliphatic carbocycles. The fourth-order valence-electron chi connectivity index (χ4n) is 2.62. The van der Waals surface area contributed by atoms with Crippen LogP contribution in [0.4, 0.5) is 4.79 Å². The van der Waals surface area contributed by atoms with E-state index in [0.29, 0.717) is 18.9 Å². The largest absolute Gasteiger partial charge is 0.481 e. The van der Waals surface area contributed by atoms with Gasteiger partial charge in [0.1, 0.15) is 0 Å². The fraction of sp³-hybridized carbons (Fsp3) is 0.867. The highest BCUT2D eigenvalue weighted by Crippen LogP contribution is 2.16. The van der Waals surface area contributed by atoms with E-state index >= 15 is 0 Å². The predicted octanol–water partition coefficient (Wildman–Crippen LogP) is 1.61. The van der Waals surface area contributed by atoms with E-state index in [9.17, 15) is 9.59 Å². The molecule has 122 valence electrons. The maximum absolute atomic E-state index is 11.9. The maximum Gasteiger partial charge on any atom is 0.317 e. The second kappa shape index (κ2) is 9.60. The molecule has 1 heterocycles. The van der Waals surface area contributed by atoms with Crippen LogP contribution in [0.15, 0.2) is 0 Å². The number of carboxylic acid groups (broad SMARTS) is 1. The van der Waals surface area contributed by atoms with Gasteiger partial charge in [-0.15, -0.1) is 0 Å². The smallest absolute Gasteiger partial charge is 0.317 e. The third kappa shape index (κ3) is 7.90. The summed E-state index contributed by atoms with van der Waals surface area (Å²) in [6.45, 7) is 3.67.